The fourth-order valence-electron chi connectivity index (χ4n) is 3.45. The molecule has 2 unspecified atom stereocenters. The Labute approximate surface area is 138 Å². The topological polar surface area (TPSA) is 41.9 Å². The van der Waals surface area contributed by atoms with Gasteiger partial charge in [0.2, 0.25) is 0 Å². The van der Waals surface area contributed by atoms with Gasteiger partial charge in [-0.2, -0.15) is 0 Å². The molecule has 2 aromatic carbocycles. The van der Waals surface area contributed by atoms with E-state index in [0.717, 1.165) is 0 Å². The fraction of sp³-hybridized carbons (Fsp3) is 0.333. The Bertz CT molecular complexity index is 697. The molecule has 2 aliphatic rings. The molecule has 2 saturated heterocycles. The van der Waals surface area contributed by atoms with Gasteiger partial charge in [0.15, 0.2) is 0 Å². The Kier molecular flexibility index (Phi) is 3.85. The molecule has 24 heavy (non-hydrogen) atoms. The van der Waals surface area contributed by atoms with Crippen molar-refractivity contribution in [2.24, 2.45) is 0 Å². The summed E-state index contributed by atoms with van der Waals surface area (Å²) in [6.07, 6.45) is -1.13. The third-order valence-electron chi connectivity index (χ3n) is 4.63. The van der Waals surface area contributed by atoms with Crippen LogP contribution in [0.25, 0.3) is 0 Å². The minimum absolute atomic E-state index is 0.162. The highest BCUT2D eigenvalue weighted by atomic mass is 19.1. The van der Waals surface area contributed by atoms with E-state index in [0.29, 0.717) is 11.1 Å². The molecule has 0 radical (unpaired) electrons. The van der Waals surface area contributed by atoms with Gasteiger partial charge in [0.25, 0.3) is 0 Å². The third kappa shape index (κ3) is 2.43. The zero-order valence-corrected chi connectivity index (χ0v) is 12.9. The molecule has 0 saturated carbocycles. The number of rotatable bonds is 3. The standard InChI is InChI=1S/C18H17F2NO3/c19-14-5-1-3-12(7-14)16-21-17(13-4-2-6-15(20)8-13)24-11-18(21,9-22)10-23-16/h1-8,16-17,22H,9-11H2. The molecule has 0 aromatic heterocycles. The average Bonchev–Trinajstić information content (AvgIpc) is 3.12. The molecule has 0 bridgehead atoms. The number of nitrogens with zero attached hydrogens (tertiary/aromatic N) is 1. The number of aliphatic hydroxyl groups excluding tert-OH is 1. The lowest BCUT2D eigenvalue weighted by atomic mass is 10.0. The highest BCUT2D eigenvalue weighted by Crippen LogP contribution is 2.48. The second-order valence-corrected chi connectivity index (χ2v) is 6.23. The van der Waals surface area contributed by atoms with Crippen molar-refractivity contribution in [2.45, 2.75) is 18.0 Å². The normalized spacial score (nSPS) is 29.8. The summed E-state index contributed by atoms with van der Waals surface area (Å²) in [6, 6.07) is 12.3. The minimum Gasteiger partial charge on any atom is -0.394 e. The lowest BCUT2D eigenvalue weighted by molar-refractivity contribution is -0.0632. The summed E-state index contributed by atoms with van der Waals surface area (Å²) in [7, 11) is 0. The first-order chi connectivity index (χ1) is 11.6. The minimum atomic E-state index is -0.714. The number of aliphatic hydroxyl groups is 1. The number of hydrogen-bond donors (Lipinski definition) is 1. The molecule has 0 aliphatic carbocycles. The molecule has 0 amide bonds. The SMILES string of the molecule is OCC12COC(c3cccc(F)c3)N1C(c1cccc(F)c1)OC2. The van der Waals surface area contributed by atoms with Crippen LogP contribution >= 0.6 is 0 Å². The summed E-state index contributed by atoms with van der Waals surface area (Å²) in [5.74, 6) is -0.722. The Morgan fingerprint density at radius 2 is 1.46 bits per heavy atom. The molecule has 126 valence electrons. The monoisotopic (exact) mass is 333 g/mol. The van der Waals surface area contributed by atoms with E-state index in [-0.39, 0.29) is 31.5 Å². The summed E-state index contributed by atoms with van der Waals surface area (Å²) >= 11 is 0. The average molecular weight is 333 g/mol. The predicted molar refractivity (Wildman–Crippen MR) is 81.8 cm³/mol. The number of benzene rings is 2. The summed E-state index contributed by atoms with van der Waals surface area (Å²) < 4.78 is 38.9. The molecule has 2 aromatic rings. The van der Waals surface area contributed by atoms with E-state index in [9.17, 15) is 13.9 Å². The van der Waals surface area contributed by atoms with Gasteiger partial charge in [-0.25, -0.2) is 13.7 Å². The van der Waals surface area contributed by atoms with Crippen LogP contribution in [0.1, 0.15) is 23.6 Å². The molecule has 1 N–H and O–H groups in total. The maximum Gasteiger partial charge on any atom is 0.139 e. The van der Waals surface area contributed by atoms with E-state index in [1.807, 2.05) is 4.90 Å². The zero-order valence-electron chi connectivity index (χ0n) is 12.9. The largest absolute Gasteiger partial charge is 0.394 e. The van der Waals surface area contributed by atoms with Crippen LogP contribution in [-0.2, 0) is 9.47 Å². The number of hydrogen-bond acceptors (Lipinski definition) is 4. The first kappa shape index (κ1) is 15.7. The molecular weight excluding hydrogens is 316 g/mol. The maximum atomic E-state index is 13.6. The molecule has 4 rings (SSSR count). The van der Waals surface area contributed by atoms with Crippen LogP contribution in [0, 0.1) is 11.6 Å². The zero-order chi connectivity index (χ0) is 16.7. The van der Waals surface area contributed by atoms with Gasteiger partial charge >= 0.3 is 0 Å². The van der Waals surface area contributed by atoms with E-state index >= 15 is 0 Å². The molecule has 0 spiro atoms. The summed E-state index contributed by atoms with van der Waals surface area (Å²) in [6.45, 7) is 0.359. The maximum absolute atomic E-state index is 13.6. The summed E-state index contributed by atoms with van der Waals surface area (Å²) in [5, 5.41) is 9.92. The number of fused-ring (bicyclic) bond motifs is 1. The van der Waals surface area contributed by atoms with Crippen molar-refractivity contribution in [3.05, 3.63) is 71.3 Å². The molecular formula is C18H17F2NO3. The number of ether oxygens (including phenoxy) is 2. The van der Waals surface area contributed by atoms with E-state index in [4.69, 9.17) is 9.47 Å². The van der Waals surface area contributed by atoms with Crippen molar-refractivity contribution in [1.29, 1.82) is 0 Å². The van der Waals surface area contributed by atoms with Crippen molar-refractivity contribution in [3.63, 3.8) is 0 Å². The van der Waals surface area contributed by atoms with Crippen LogP contribution in [0.5, 0.6) is 0 Å². The highest BCUT2D eigenvalue weighted by Gasteiger charge is 2.56. The first-order valence-corrected chi connectivity index (χ1v) is 7.76. The molecule has 2 atom stereocenters. The quantitative estimate of drug-likeness (QED) is 0.938. The Balaban J connectivity index is 1.75. The smallest absolute Gasteiger partial charge is 0.139 e. The lowest BCUT2D eigenvalue weighted by Crippen LogP contribution is -2.47. The molecule has 4 nitrogen and oxygen atoms in total. The van der Waals surface area contributed by atoms with Gasteiger partial charge in [-0.3, -0.25) is 0 Å². The van der Waals surface area contributed by atoms with E-state index < -0.39 is 18.0 Å². The van der Waals surface area contributed by atoms with Crippen LogP contribution < -0.4 is 0 Å². The molecule has 2 aliphatic heterocycles. The summed E-state index contributed by atoms with van der Waals surface area (Å²) in [4.78, 5) is 1.87. The van der Waals surface area contributed by atoms with Crippen molar-refractivity contribution in [2.75, 3.05) is 19.8 Å². The van der Waals surface area contributed by atoms with Gasteiger partial charge in [-0.15, -0.1) is 0 Å². The Hall–Kier alpha value is -1.86. The first-order valence-electron chi connectivity index (χ1n) is 7.76. The van der Waals surface area contributed by atoms with Crippen molar-refractivity contribution in [3.8, 4) is 0 Å². The molecule has 2 heterocycles. The van der Waals surface area contributed by atoms with Crippen LogP contribution in [0.15, 0.2) is 48.5 Å². The highest BCUT2D eigenvalue weighted by molar-refractivity contribution is 5.26. The second kappa shape index (κ2) is 5.89. The lowest BCUT2D eigenvalue weighted by Gasteiger charge is -2.33. The van der Waals surface area contributed by atoms with Gasteiger partial charge < -0.3 is 14.6 Å². The van der Waals surface area contributed by atoms with E-state index in [1.54, 1.807) is 24.3 Å². The van der Waals surface area contributed by atoms with Crippen LogP contribution in [0.4, 0.5) is 8.78 Å². The Morgan fingerprint density at radius 1 is 0.958 bits per heavy atom. The van der Waals surface area contributed by atoms with Crippen molar-refractivity contribution < 1.29 is 23.4 Å². The second-order valence-electron chi connectivity index (χ2n) is 6.23. The van der Waals surface area contributed by atoms with E-state index in [2.05, 4.69) is 0 Å². The van der Waals surface area contributed by atoms with Gasteiger partial charge in [-0.05, 0) is 35.4 Å². The van der Waals surface area contributed by atoms with E-state index in [1.165, 1.54) is 24.3 Å². The number of halogens is 2. The molecule has 2 fully saturated rings. The van der Waals surface area contributed by atoms with Crippen LogP contribution in [0.2, 0.25) is 0 Å². The molecule has 6 heteroatoms. The predicted octanol–water partition coefficient (Wildman–Crippen LogP) is 2.76. The van der Waals surface area contributed by atoms with Crippen LogP contribution in [-0.4, -0.2) is 35.4 Å². The van der Waals surface area contributed by atoms with Gasteiger partial charge in [-0.1, -0.05) is 24.3 Å². The van der Waals surface area contributed by atoms with Gasteiger partial charge in [0, 0.05) is 0 Å². The van der Waals surface area contributed by atoms with Gasteiger partial charge in [0.05, 0.1) is 25.4 Å². The fourth-order valence-corrected chi connectivity index (χ4v) is 3.45. The van der Waals surface area contributed by atoms with Crippen molar-refractivity contribution in [1.82, 2.24) is 4.90 Å². The van der Waals surface area contributed by atoms with Crippen molar-refractivity contribution >= 4 is 0 Å². The summed E-state index contributed by atoms with van der Waals surface area (Å²) in [5.41, 5.74) is 0.558. The third-order valence-corrected chi connectivity index (χ3v) is 4.63. The van der Waals surface area contributed by atoms with Gasteiger partial charge in [0.1, 0.15) is 24.1 Å². The van der Waals surface area contributed by atoms with Crippen LogP contribution in [0.3, 0.4) is 0 Å². The Morgan fingerprint density at radius 3 is 1.88 bits per heavy atom.